The highest BCUT2D eigenvalue weighted by Gasteiger charge is 2.45. The lowest BCUT2D eigenvalue weighted by Gasteiger charge is -2.41. The van der Waals surface area contributed by atoms with Gasteiger partial charge in [0.1, 0.15) is 0 Å². The van der Waals surface area contributed by atoms with E-state index in [1.165, 1.54) is 7.11 Å². The van der Waals surface area contributed by atoms with Crippen molar-refractivity contribution in [2.75, 3.05) is 7.11 Å². The van der Waals surface area contributed by atoms with Gasteiger partial charge in [-0.25, -0.2) is 0 Å². The molecule has 1 aromatic rings. The van der Waals surface area contributed by atoms with Gasteiger partial charge in [-0.2, -0.15) is 0 Å². The largest absolute Gasteiger partial charge is 0.468 e. The fourth-order valence-corrected chi connectivity index (χ4v) is 2.95. The zero-order valence-corrected chi connectivity index (χ0v) is 12.1. The molecule has 0 radical (unpaired) electrons. The van der Waals surface area contributed by atoms with Gasteiger partial charge in [-0.15, -0.1) is 13.2 Å². The van der Waals surface area contributed by atoms with E-state index < -0.39 is 17.4 Å². The molecular formula is C17H19NO3. The Balaban J connectivity index is 2.62. The quantitative estimate of drug-likeness (QED) is 0.513. The van der Waals surface area contributed by atoms with Gasteiger partial charge < -0.3 is 10.1 Å². The molecule has 1 heterocycles. The first kappa shape index (κ1) is 15.0. The number of methoxy groups -OCH3 is 1. The number of carbonyl (C=O) groups is 2. The van der Waals surface area contributed by atoms with Crippen LogP contribution in [-0.4, -0.2) is 19.0 Å². The average Bonchev–Trinajstić information content (AvgIpc) is 2.47. The predicted octanol–water partition coefficient (Wildman–Crippen LogP) is 2.42. The Morgan fingerprint density at radius 2 is 1.95 bits per heavy atom. The number of hydrogen-bond donors (Lipinski definition) is 1. The molecule has 1 atom stereocenters. The molecule has 110 valence electrons. The van der Waals surface area contributed by atoms with Gasteiger partial charge in [0.25, 0.3) is 0 Å². The number of hydrogen-bond acceptors (Lipinski definition) is 3. The molecule has 4 heteroatoms. The topological polar surface area (TPSA) is 55.4 Å². The van der Waals surface area contributed by atoms with E-state index in [4.69, 9.17) is 4.74 Å². The third kappa shape index (κ3) is 2.49. The van der Waals surface area contributed by atoms with Gasteiger partial charge in [-0.05, 0) is 24.0 Å². The molecule has 1 aromatic carbocycles. The number of esters is 1. The minimum atomic E-state index is -0.922. The molecule has 1 amide bonds. The van der Waals surface area contributed by atoms with E-state index in [-0.39, 0.29) is 5.91 Å². The minimum absolute atomic E-state index is 0.343. The van der Waals surface area contributed by atoms with Gasteiger partial charge >= 0.3 is 5.97 Å². The van der Waals surface area contributed by atoms with Crippen molar-refractivity contribution in [1.82, 2.24) is 5.32 Å². The van der Waals surface area contributed by atoms with E-state index in [0.717, 1.165) is 5.56 Å². The molecule has 1 aliphatic rings. The van der Waals surface area contributed by atoms with Crippen LogP contribution in [0.25, 0.3) is 0 Å². The van der Waals surface area contributed by atoms with E-state index in [0.29, 0.717) is 18.4 Å². The molecule has 21 heavy (non-hydrogen) atoms. The number of nitrogens with one attached hydrogen (secondary N) is 1. The van der Waals surface area contributed by atoms with Gasteiger partial charge in [0.05, 0.1) is 12.6 Å². The van der Waals surface area contributed by atoms with E-state index >= 15 is 0 Å². The fourth-order valence-electron chi connectivity index (χ4n) is 2.95. The summed E-state index contributed by atoms with van der Waals surface area (Å²) >= 11 is 0. The molecule has 1 unspecified atom stereocenters. The van der Waals surface area contributed by atoms with Crippen LogP contribution in [0.1, 0.15) is 29.9 Å². The summed E-state index contributed by atoms with van der Waals surface area (Å²) in [4.78, 5) is 24.4. The lowest BCUT2D eigenvalue weighted by molar-refractivity contribution is -0.147. The molecule has 0 aliphatic carbocycles. The number of amides is 1. The molecule has 0 aromatic heterocycles. The van der Waals surface area contributed by atoms with Crippen LogP contribution in [0.4, 0.5) is 0 Å². The lowest BCUT2D eigenvalue weighted by Crippen LogP contribution is -2.53. The Morgan fingerprint density at radius 1 is 1.33 bits per heavy atom. The zero-order chi connectivity index (χ0) is 15.5. The van der Waals surface area contributed by atoms with Crippen LogP contribution in [0.15, 0.2) is 49.6 Å². The van der Waals surface area contributed by atoms with Gasteiger partial charge in [0, 0.05) is 0 Å². The van der Waals surface area contributed by atoms with Crippen LogP contribution < -0.4 is 5.32 Å². The Bertz CT molecular complexity index is 581. The Kier molecular flexibility index (Phi) is 4.26. The summed E-state index contributed by atoms with van der Waals surface area (Å²) in [6.07, 6.45) is 4.66. The lowest BCUT2D eigenvalue weighted by atomic mass is 9.74. The van der Waals surface area contributed by atoms with Gasteiger partial charge in [0.2, 0.25) is 5.91 Å². The van der Waals surface area contributed by atoms with Crippen LogP contribution in [0, 0.1) is 0 Å². The molecule has 2 rings (SSSR count). The molecule has 0 spiro atoms. The number of fused-ring (bicyclic) bond motifs is 1. The Morgan fingerprint density at radius 3 is 2.52 bits per heavy atom. The van der Waals surface area contributed by atoms with E-state index in [2.05, 4.69) is 18.5 Å². The molecule has 1 aliphatic heterocycles. The maximum absolute atomic E-state index is 12.4. The average molecular weight is 285 g/mol. The highest BCUT2D eigenvalue weighted by atomic mass is 16.5. The molecule has 0 saturated carbocycles. The number of rotatable bonds is 5. The highest BCUT2D eigenvalue weighted by Crippen LogP contribution is 2.40. The second-order valence-electron chi connectivity index (χ2n) is 5.10. The van der Waals surface area contributed by atoms with Crippen molar-refractivity contribution in [3.63, 3.8) is 0 Å². The molecule has 0 fully saturated rings. The normalized spacial score (nSPS) is 19.1. The zero-order valence-electron chi connectivity index (χ0n) is 12.1. The summed E-state index contributed by atoms with van der Waals surface area (Å²) < 4.78 is 4.76. The monoisotopic (exact) mass is 285 g/mol. The van der Waals surface area contributed by atoms with Crippen molar-refractivity contribution in [2.24, 2.45) is 0 Å². The Labute approximate surface area is 124 Å². The minimum Gasteiger partial charge on any atom is -0.468 e. The first-order valence-corrected chi connectivity index (χ1v) is 6.80. The number of benzene rings is 1. The molecule has 0 bridgehead atoms. The predicted molar refractivity (Wildman–Crippen MR) is 80.6 cm³/mol. The van der Waals surface area contributed by atoms with Crippen molar-refractivity contribution in [3.05, 3.63) is 60.7 Å². The second kappa shape index (κ2) is 5.95. The van der Waals surface area contributed by atoms with Crippen molar-refractivity contribution in [1.29, 1.82) is 0 Å². The van der Waals surface area contributed by atoms with Crippen LogP contribution in [0.5, 0.6) is 0 Å². The van der Waals surface area contributed by atoms with Crippen molar-refractivity contribution < 1.29 is 14.3 Å². The summed E-state index contributed by atoms with van der Waals surface area (Å²) in [7, 11) is 1.29. The van der Waals surface area contributed by atoms with Crippen molar-refractivity contribution in [3.8, 4) is 0 Å². The SMILES string of the molecule is C=CCC1(CC=C)NC(=O)C(C(=O)OC)c2ccccc21. The summed E-state index contributed by atoms with van der Waals surface area (Å²) in [6.45, 7) is 7.55. The van der Waals surface area contributed by atoms with Crippen LogP contribution >= 0.6 is 0 Å². The van der Waals surface area contributed by atoms with E-state index in [9.17, 15) is 9.59 Å². The van der Waals surface area contributed by atoms with Gasteiger partial charge in [-0.1, -0.05) is 36.4 Å². The number of ether oxygens (including phenoxy) is 1. The summed E-state index contributed by atoms with van der Waals surface area (Å²) in [5.74, 6) is -1.82. The van der Waals surface area contributed by atoms with Crippen molar-refractivity contribution in [2.45, 2.75) is 24.3 Å². The molecule has 4 nitrogen and oxygen atoms in total. The van der Waals surface area contributed by atoms with Crippen LogP contribution in [0.3, 0.4) is 0 Å². The third-order valence-corrected chi connectivity index (χ3v) is 3.83. The summed E-state index contributed by atoms with van der Waals surface area (Å²) in [5.41, 5.74) is 1.01. The molecular weight excluding hydrogens is 266 g/mol. The summed E-state index contributed by atoms with van der Waals surface area (Å²) in [5, 5.41) is 2.97. The van der Waals surface area contributed by atoms with Gasteiger partial charge in [0.15, 0.2) is 5.92 Å². The smallest absolute Gasteiger partial charge is 0.322 e. The first-order chi connectivity index (χ1) is 10.1. The van der Waals surface area contributed by atoms with Crippen molar-refractivity contribution >= 4 is 11.9 Å². The maximum Gasteiger partial charge on any atom is 0.322 e. The fraction of sp³-hybridized carbons (Fsp3) is 0.294. The third-order valence-electron chi connectivity index (χ3n) is 3.83. The van der Waals surface area contributed by atoms with E-state index in [1.807, 2.05) is 18.2 Å². The van der Waals surface area contributed by atoms with Crippen LogP contribution in [0.2, 0.25) is 0 Å². The molecule has 0 saturated heterocycles. The highest BCUT2D eigenvalue weighted by molar-refractivity contribution is 6.05. The van der Waals surface area contributed by atoms with Gasteiger partial charge in [-0.3, -0.25) is 9.59 Å². The molecule has 1 N–H and O–H groups in total. The summed E-state index contributed by atoms with van der Waals surface area (Å²) in [6, 6.07) is 7.44. The van der Waals surface area contributed by atoms with E-state index in [1.54, 1.807) is 18.2 Å². The Hall–Kier alpha value is -2.36. The second-order valence-corrected chi connectivity index (χ2v) is 5.10. The standard InChI is InChI=1S/C17H19NO3/c1-4-10-17(11-5-2)13-9-7-6-8-12(13)14(15(19)18-17)16(20)21-3/h4-9,14H,1-2,10-11H2,3H3,(H,18,19). The maximum atomic E-state index is 12.4. The van der Waals surface area contributed by atoms with Crippen LogP contribution in [-0.2, 0) is 19.9 Å². The first-order valence-electron chi connectivity index (χ1n) is 6.80. The number of carbonyl (C=O) groups excluding carboxylic acids is 2.